The number of sulfonamides is 1. The highest BCUT2D eigenvalue weighted by Crippen LogP contribution is 2.27. The summed E-state index contributed by atoms with van der Waals surface area (Å²) in [6.45, 7) is 0.840. The van der Waals surface area contributed by atoms with E-state index in [1.165, 1.54) is 21.9 Å². The van der Waals surface area contributed by atoms with E-state index >= 15 is 0 Å². The fourth-order valence-corrected chi connectivity index (χ4v) is 4.91. The highest BCUT2D eigenvalue weighted by molar-refractivity contribution is 7.89. The van der Waals surface area contributed by atoms with Crippen molar-refractivity contribution >= 4 is 16.3 Å². The standard InChI is InChI=1S/C16H21NO3S/c18-12-13-4-3-9-17(11-13)21(19,20)16-8-7-14-5-1-2-6-15(14)10-16/h7-8,10,12-13H,1-6,9,11H2. The van der Waals surface area contributed by atoms with Crippen LogP contribution in [0.25, 0.3) is 0 Å². The molecule has 1 fully saturated rings. The third-order valence-corrected chi connectivity index (χ3v) is 6.43. The van der Waals surface area contributed by atoms with Crippen molar-refractivity contribution in [2.24, 2.45) is 5.92 Å². The Morgan fingerprint density at radius 1 is 1.10 bits per heavy atom. The number of hydrogen-bond donors (Lipinski definition) is 0. The van der Waals surface area contributed by atoms with Crippen LogP contribution in [0.1, 0.15) is 36.8 Å². The molecule has 4 nitrogen and oxygen atoms in total. The number of piperidine rings is 1. The number of carbonyl (C=O) groups is 1. The number of aryl methyl sites for hydroxylation is 2. The molecular weight excluding hydrogens is 286 g/mol. The molecule has 1 heterocycles. The molecule has 3 rings (SSSR count). The lowest BCUT2D eigenvalue weighted by molar-refractivity contribution is -0.112. The van der Waals surface area contributed by atoms with Crippen molar-refractivity contribution in [3.05, 3.63) is 29.3 Å². The molecule has 1 unspecified atom stereocenters. The Morgan fingerprint density at radius 3 is 2.62 bits per heavy atom. The highest BCUT2D eigenvalue weighted by Gasteiger charge is 2.30. The Hall–Kier alpha value is -1.20. The van der Waals surface area contributed by atoms with E-state index in [-0.39, 0.29) is 5.92 Å². The molecule has 5 heteroatoms. The van der Waals surface area contributed by atoms with E-state index in [0.717, 1.165) is 38.4 Å². The van der Waals surface area contributed by atoms with E-state index in [1.54, 1.807) is 6.07 Å². The van der Waals surface area contributed by atoms with Gasteiger partial charge in [-0.05, 0) is 61.8 Å². The maximum Gasteiger partial charge on any atom is 0.243 e. The summed E-state index contributed by atoms with van der Waals surface area (Å²) in [6.07, 6.45) is 6.77. The zero-order chi connectivity index (χ0) is 14.9. The van der Waals surface area contributed by atoms with Crippen molar-refractivity contribution in [3.8, 4) is 0 Å². The van der Waals surface area contributed by atoms with Crippen molar-refractivity contribution in [2.45, 2.75) is 43.4 Å². The van der Waals surface area contributed by atoms with E-state index in [0.29, 0.717) is 18.0 Å². The van der Waals surface area contributed by atoms with Gasteiger partial charge in [0.25, 0.3) is 0 Å². The minimum Gasteiger partial charge on any atom is -0.303 e. The lowest BCUT2D eigenvalue weighted by Gasteiger charge is -2.29. The molecule has 0 radical (unpaired) electrons. The Bertz CT molecular complexity index is 639. The molecule has 2 aliphatic rings. The summed E-state index contributed by atoms with van der Waals surface area (Å²) in [6, 6.07) is 5.53. The quantitative estimate of drug-likeness (QED) is 0.804. The first-order valence-corrected chi connectivity index (χ1v) is 9.12. The molecule has 0 saturated carbocycles. The van der Waals surface area contributed by atoms with Crippen LogP contribution in [0.4, 0.5) is 0 Å². The van der Waals surface area contributed by atoms with Gasteiger partial charge in [-0.2, -0.15) is 4.31 Å². The second kappa shape index (κ2) is 5.89. The van der Waals surface area contributed by atoms with Crippen LogP contribution in [0.2, 0.25) is 0 Å². The van der Waals surface area contributed by atoms with Crippen molar-refractivity contribution in [2.75, 3.05) is 13.1 Å². The maximum atomic E-state index is 12.7. The molecular formula is C16H21NO3S. The van der Waals surface area contributed by atoms with E-state index < -0.39 is 10.0 Å². The molecule has 1 aliphatic heterocycles. The summed E-state index contributed by atoms with van der Waals surface area (Å²) in [5, 5.41) is 0. The summed E-state index contributed by atoms with van der Waals surface area (Å²) < 4.78 is 27.0. The van der Waals surface area contributed by atoms with Crippen molar-refractivity contribution in [1.29, 1.82) is 0 Å². The van der Waals surface area contributed by atoms with Gasteiger partial charge in [-0.15, -0.1) is 0 Å². The van der Waals surface area contributed by atoms with Gasteiger partial charge in [-0.25, -0.2) is 8.42 Å². The monoisotopic (exact) mass is 307 g/mol. The van der Waals surface area contributed by atoms with Gasteiger partial charge >= 0.3 is 0 Å². The van der Waals surface area contributed by atoms with Crippen LogP contribution >= 0.6 is 0 Å². The summed E-state index contributed by atoms with van der Waals surface area (Å²) in [5.74, 6) is -0.161. The van der Waals surface area contributed by atoms with Gasteiger partial charge in [-0.3, -0.25) is 0 Å². The second-order valence-corrected chi connectivity index (χ2v) is 7.98. The third-order valence-electron chi connectivity index (χ3n) is 4.57. The van der Waals surface area contributed by atoms with Crippen LogP contribution < -0.4 is 0 Å². The number of rotatable bonds is 3. The van der Waals surface area contributed by atoms with Crippen LogP contribution in [-0.4, -0.2) is 32.1 Å². The van der Waals surface area contributed by atoms with E-state index in [2.05, 4.69) is 0 Å². The van der Waals surface area contributed by atoms with Gasteiger partial charge in [0.2, 0.25) is 10.0 Å². The van der Waals surface area contributed by atoms with E-state index in [9.17, 15) is 13.2 Å². The SMILES string of the molecule is O=CC1CCCN(S(=O)(=O)c2ccc3c(c2)CCCC3)C1. The molecule has 1 aromatic carbocycles. The summed E-state index contributed by atoms with van der Waals surface area (Å²) in [5.41, 5.74) is 2.45. The number of hydrogen-bond acceptors (Lipinski definition) is 3. The topological polar surface area (TPSA) is 54.5 Å². The summed E-state index contributed by atoms with van der Waals surface area (Å²) in [7, 11) is -3.46. The minimum absolute atomic E-state index is 0.161. The number of nitrogens with zero attached hydrogens (tertiary/aromatic N) is 1. The number of benzene rings is 1. The molecule has 0 bridgehead atoms. The molecule has 0 spiro atoms. The second-order valence-electron chi connectivity index (χ2n) is 6.04. The molecule has 1 aromatic rings. The van der Waals surface area contributed by atoms with Gasteiger partial charge in [0.05, 0.1) is 4.90 Å². The van der Waals surface area contributed by atoms with Crippen molar-refractivity contribution in [1.82, 2.24) is 4.31 Å². The van der Waals surface area contributed by atoms with Gasteiger partial charge in [0.1, 0.15) is 6.29 Å². The van der Waals surface area contributed by atoms with Crippen molar-refractivity contribution < 1.29 is 13.2 Å². The predicted molar refractivity (Wildman–Crippen MR) is 80.6 cm³/mol. The summed E-state index contributed by atoms with van der Waals surface area (Å²) in [4.78, 5) is 11.3. The molecule has 114 valence electrons. The molecule has 21 heavy (non-hydrogen) atoms. The van der Waals surface area contributed by atoms with Gasteiger partial charge < -0.3 is 4.79 Å². The largest absolute Gasteiger partial charge is 0.303 e. The van der Waals surface area contributed by atoms with Crippen LogP contribution in [0.5, 0.6) is 0 Å². The van der Waals surface area contributed by atoms with Crippen LogP contribution in [0.3, 0.4) is 0 Å². The lowest BCUT2D eigenvalue weighted by Crippen LogP contribution is -2.40. The molecule has 0 N–H and O–H groups in total. The molecule has 1 saturated heterocycles. The van der Waals surface area contributed by atoms with Gasteiger partial charge in [0.15, 0.2) is 0 Å². The smallest absolute Gasteiger partial charge is 0.243 e. The minimum atomic E-state index is -3.46. The zero-order valence-electron chi connectivity index (χ0n) is 12.1. The number of fused-ring (bicyclic) bond motifs is 1. The lowest BCUT2D eigenvalue weighted by atomic mass is 9.92. The Labute approximate surface area is 126 Å². The highest BCUT2D eigenvalue weighted by atomic mass is 32.2. The van der Waals surface area contributed by atoms with Crippen LogP contribution in [0, 0.1) is 5.92 Å². The molecule has 1 atom stereocenters. The average Bonchev–Trinajstić information content (AvgIpc) is 2.54. The van der Waals surface area contributed by atoms with Crippen LogP contribution in [-0.2, 0) is 27.7 Å². The van der Waals surface area contributed by atoms with Gasteiger partial charge in [0, 0.05) is 19.0 Å². The maximum absolute atomic E-state index is 12.7. The predicted octanol–water partition coefficient (Wildman–Crippen LogP) is 2.17. The molecule has 1 aliphatic carbocycles. The number of aldehydes is 1. The third kappa shape index (κ3) is 2.90. The normalized spacial score (nSPS) is 23.5. The Balaban J connectivity index is 1.89. The van der Waals surface area contributed by atoms with E-state index in [1.807, 2.05) is 12.1 Å². The number of carbonyl (C=O) groups excluding carboxylic acids is 1. The zero-order valence-corrected chi connectivity index (χ0v) is 12.9. The first-order valence-electron chi connectivity index (χ1n) is 7.68. The van der Waals surface area contributed by atoms with Crippen molar-refractivity contribution in [3.63, 3.8) is 0 Å². The fraction of sp³-hybridized carbons (Fsp3) is 0.562. The van der Waals surface area contributed by atoms with Crippen LogP contribution in [0.15, 0.2) is 23.1 Å². The summed E-state index contributed by atoms with van der Waals surface area (Å²) >= 11 is 0. The Morgan fingerprint density at radius 2 is 1.86 bits per heavy atom. The first kappa shape index (κ1) is 14.7. The average molecular weight is 307 g/mol. The molecule has 0 amide bonds. The molecule has 0 aromatic heterocycles. The Kier molecular flexibility index (Phi) is 4.13. The first-order chi connectivity index (χ1) is 10.1. The fourth-order valence-electron chi connectivity index (χ4n) is 3.32. The van der Waals surface area contributed by atoms with E-state index in [4.69, 9.17) is 0 Å². The van der Waals surface area contributed by atoms with Gasteiger partial charge in [-0.1, -0.05) is 6.07 Å².